The van der Waals surface area contributed by atoms with Crippen LogP contribution in [-0.2, 0) is 0 Å². The number of nitrogens with one attached hydrogen (secondary N) is 2. The number of hydrogen-bond acceptors (Lipinski definition) is 8. The second-order valence-corrected chi connectivity index (χ2v) is 12.9. The standard InChI is InChI=1S/C44H28N6O6/c51-49(52)29-13-7-15-31(25-29)55-43-37-21-17-33(45-37)41(27-9-3-1-4-10-27)34-18-22-38(46-34)44(56-32-16-8-14-30(26-32)50(53)54)40-24-20-36(48-40)42(28-11-5-2-6-12-28)35-19-23-39(43)47-35/h1-26,45,48H. The van der Waals surface area contributed by atoms with E-state index in [1.165, 1.54) is 24.3 Å². The number of nitrogens with zero attached hydrogens (tertiary/aromatic N) is 4. The van der Waals surface area contributed by atoms with Gasteiger partial charge in [0.1, 0.15) is 22.9 Å². The molecule has 2 N–H and O–H groups in total. The lowest BCUT2D eigenvalue weighted by Gasteiger charge is -2.08. The molecule has 2 aliphatic rings. The first-order chi connectivity index (χ1) is 27.4. The van der Waals surface area contributed by atoms with Gasteiger partial charge in [-0.25, -0.2) is 9.97 Å². The van der Waals surface area contributed by atoms with Crippen molar-refractivity contribution in [2.75, 3.05) is 0 Å². The van der Waals surface area contributed by atoms with Gasteiger partial charge in [0, 0.05) is 34.3 Å². The monoisotopic (exact) mass is 736 g/mol. The molecule has 3 aromatic heterocycles. The molecular weight excluding hydrogens is 709 g/mol. The molecule has 0 spiro atoms. The first kappa shape index (κ1) is 33.7. The minimum atomic E-state index is -0.465. The molecule has 0 radical (unpaired) electrons. The predicted molar refractivity (Wildman–Crippen MR) is 216 cm³/mol. The van der Waals surface area contributed by atoms with Crippen molar-refractivity contribution in [1.29, 1.82) is 0 Å². The van der Waals surface area contributed by atoms with Gasteiger partial charge in [-0.05, 0) is 71.8 Å². The smallest absolute Gasteiger partial charge is 0.273 e. The van der Waals surface area contributed by atoms with E-state index in [0.717, 1.165) is 33.3 Å². The molecule has 12 nitrogen and oxygen atoms in total. The summed E-state index contributed by atoms with van der Waals surface area (Å²) >= 11 is 0. The van der Waals surface area contributed by atoms with Crippen LogP contribution in [0.5, 0.6) is 23.0 Å². The van der Waals surface area contributed by atoms with Crippen LogP contribution in [0.3, 0.4) is 0 Å². The number of benzene rings is 4. The minimum absolute atomic E-state index is 0.106. The van der Waals surface area contributed by atoms with Crippen LogP contribution in [0, 0.1) is 20.2 Å². The fourth-order valence-electron chi connectivity index (χ4n) is 6.74. The van der Waals surface area contributed by atoms with Crippen molar-refractivity contribution < 1.29 is 19.3 Å². The summed E-state index contributed by atoms with van der Waals surface area (Å²) in [4.78, 5) is 39.7. The van der Waals surface area contributed by atoms with Crippen molar-refractivity contribution in [3.05, 3.63) is 176 Å². The van der Waals surface area contributed by atoms with Crippen molar-refractivity contribution in [2.24, 2.45) is 0 Å². The average Bonchev–Trinajstić information content (AvgIpc) is 4.07. The van der Waals surface area contributed by atoms with Gasteiger partial charge in [-0.2, -0.15) is 0 Å². The third kappa shape index (κ3) is 6.43. The van der Waals surface area contributed by atoms with Crippen LogP contribution in [0.4, 0.5) is 11.4 Å². The zero-order chi connectivity index (χ0) is 38.2. The quantitative estimate of drug-likeness (QED) is 0.115. The Balaban J connectivity index is 1.39. The van der Waals surface area contributed by atoms with Gasteiger partial charge >= 0.3 is 0 Å². The van der Waals surface area contributed by atoms with E-state index in [0.29, 0.717) is 45.3 Å². The predicted octanol–water partition coefficient (Wildman–Crippen LogP) is 11.4. The highest BCUT2D eigenvalue weighted by molar-refractivity contribution is 5.95. The molecule has 9 rings (SSSR count). The second kappa shape index (κ2) is 14.0. The molecule has 4 aromatic carbocycles. The van der Waals surface area contributed by atoms with E-state index in [-0.39, 0.29) is 22.9 Å². The third-order valence-electron chi connectivity index (χ3n) is 9.28. The second-order valence-electron chi connectivity index (χ2n) is 12.9. The number of fused-ring (bicyclic) bond motifs is 8. The van der Waals surface area contributed by atoms with E-state index >= 15 is 0 Å². The molecule has 2 aliphatic heterocycles. The van der Waals surface area contributed by atoms with E-state index in [4.69, 9.17) is 19.4 Å². The Morgan fingerprint density at radius 3 is 1.25 bits per heavy atom. The van der Waals surface area contributed by atoms with Crippen molar-refractivity contribution in [2.45, 2.75) is 0 Å². The largest absolute Gasteiger partial charge is 0.453 e. The molecule has 12 heteroatoms. The van der Waals surface area contributed by atoms with E-state index in [1.54, 1.807) is 24.3 Å². The van der Waals surface area contributed by atoms with Crippen molar-refractivity contribution >= 4 is 57.7 Å². The summed E-state index contributed by atoms with van der Waals surface area (Å²) in [7, 11) is 0. The molecule has 5 heterocycles. The maximum atomic E-state index is 11.7. The number of rotatable bonds is 8. The van der Waals surface area contributed by atoms with Crippen molar-refractivity contribution in [1.82, 2.24) is 19.9 Å². The summed E-state index contributed by atoms with van der Waals surface area (Å²) in [6.07, 6.45) is 7.49. The van der Waals surface area contributed by atoms with Crippen LogP contribution in [0.1, 0.15) is 22.8 Å². The molecule has 8 bridgehead atoms. The number of aromatic nitrogens is 4. The van der Waals surface area contributed by atoms with Gasteiger partial charge in [0.2, 0.25) is 0 Å². The molecule has 0 saturated heterocycles. The number of aromatic amines is 2. The van der Waals surface area contributed by atoms with Crippen LogP contribution >= 0.6 is 0 Å². The normalized spacial score (nSPS) is 11.7. The van der Waals surface area contributed by atoms with Gasteiger partial charge in [-0.3, -0.25) is 20.2 Å². The SMILES string of the molecule is O=[N+]([O-])c1cccc(Oc2c3nc(c(-c4ccccc4)c4ccc([nH]4)c(Oc4cccc([N+](=O)[O-])c4)c4nc(c(-c5ccccc5)c5ccc2[nH]5)C=C4)C=C3)c1. The Hall–Kier alpha value is -8.12. The lowest BCUT2D eigenvalue weighted by atomic mass is 10.0. The fourth-order valence-corrected chi connectivity index (χ4v) is 6.74. The van der Waals surface area contributed by atoms with Crippen LogP contribution in [0.15, 0.2) is 133 Å². The van der Waals surface area contributed by atoms with E-state index in [9.17, 15) is 20.2 Å². The van der Waals surface area contributed by atoms with Gasteiger partial charge in [0.15, 0.2) is 11.5 Å². The first-order valence-corrected chi connectivity index (χ1v) is 17.5. The van der Waals surface area contributed by atoms with Crippen molar-refractivity contribution in [3.8, 4) is 45.3 Å². The Labute approximate surface area is 318 Å². The van der Waals surface area contributed by atoms with Crippen LogP contribution < -0.4 is 9.47 Å². The highest BCUT2D eigenvalue weighted by atomic mass is 16.6. The molecule has 7 aromatic rings. The molecule has 270 valence electrons. The van der Waals surface area contributed by atoms with E-state index < -0.39 is 9.85 Å². The maximum Gasteiger partial charge on any atom is 0.273 e. The molecule has 0 saturated carbocycles. The Bertz CT molecular complexity index is 2730. The zero-order valence-corrected chi connectivity index (χ0v) is 29.2. The summed E-state index contributed by atoms with van der Waals surface area (Å²) in [6, 6.07) is 39.2. The highest BCUT2D eigenvalue weighted by Crippen LogP contribution is 2.39. The minimum Gasteiger partial charge on any atom is -0.453 e. The topological polar surface area (TPSA) is 162 Å². The molecule has 0 fully saturated rings. The summed E-state index contributed by atoms with van der Waals surface area (Å²) in [6.45, 7) is 0. The van der Waals surface area contributed by atoms with E-state index in [1.807, 2.05) is 109 Å². The zero-order valence-electron chi connectivity index (χ0n) is 29.2. The molecule has 0 atom stereocenters. The first-order valence-electron chi connectivity index (χ1n) is 17.5. The maximum absolute atomic E-state index is 11.7. The van der Waals surface area contributed by atoms with Crippen LogP contribution in [-0.4, -0.2) is 29.8 Å². The number of H-pyrrole nitrogens is 2. The molecule has 56 heavy (non-hydrogen) atoms. The molecule has 0 unspecified atom stereocenters. The fraction of sp³-hybridized carbons (Fsp3) is 0. The number of non-ortho nitro benzene ring substituents is 2. The average molecular weight is 737 g/mol. The lowest BCUT2D eigenvalue weighted by molar-refractivity contribution is -0.385. The summed E-state index contributed by atoms with van der Waals surface area (Å²) < 4.78 is 13.0. The number of hydrogen-bond donors (Lipinski definition) is 2. The van der Waals surface area contributed by atoms with Crippen LogP contribution in [0.2, 0.25) is 0 Å². The molecule has 0 amide bonds. The lowest BCUT2D eigenvalue weighted by Crippen LogP contribution is -1.93. The summed E-state index contributed by atoms with van der Waals surface area (Å²) in [5.74, 6) is 1.26. The number of nitro groups is 2. The third-order valence-corrected chi connectivity index (χ3v) is 9.28. The molecular formula is C44H28N6O6. The highest BCUT2D eigenvalue weighted by Gasteiger charge is 2.20. The van der Waals surface area contributed by atoms with Crippen LogP contribution in [0.25, 0.3) is 68.6 Å². The van der Waals surface area contributed by atoms with E-state index in [2.05, 4.69) is 9.97 Å². The van der Waals surface area contributed by atoms with Gasteiger partial charge in [-0.1, -0.05) is 72.8 Å². The Kier molecular flexibility index (Phi) is 8.44. The number of ether oxygens (including phenoxy) is 2. The Morgan fingerprint density at radius 1 is 0.446 bits per heavy atom. The number of nitro benzene ring substituents is 2. The summed E-state index contributed by atoms with van der Waals surface area (Å²) in [5.41, 5.74) is 7.94. The van der Waals surface area contributed by atoms with Gasteiger partial charge < -0.3 is 19.4 Å². The Morgan fingerprint density at radius 2 is 0.839 bits per heavy atom. The van der Waals surface area contributed by atoms with Gasteiger partial charge in [-0.15, -0.1) is 0 Å². The van der Waals surface area contributed by atoms with Gasteiger partial charge in [0.25, 0.3) is 11.4 Å². The summed E-state index contributed by atoms with van der Waals surface area (Å²) in [5, 5.41) is 23.4. The van der Waals surface area contributed by atoms with Crippen molar-refractivity contribution in [3.63, 3.8) is 0 Å². The molecule has 0 aliphatic carbocycles. The van der Waals surface area contributed by atoms with Gasteiger partial charge in [0.05, 0.1) is 44.4 Å².